The topological polar surface area (TPSA) is 76.2 Å². The molecule has 1 radical (unpaired) electrons. The molecule has 5 nitrogen and oxygen atoms in total. The van der Waals surface area contributed by atoms with E-state index in [2.05, 4.69) is 59.9 Å². The number of furan rings is 1. The molecule has 0 amide bonds. The van der Waals surface area contributed by atoms with Gasteiger partial charge >= 0.3 is 0 Å². The Bertz CT molecular complexity index is 2150. The monoisotopic (exact) mass is 906 g/mol. The van der Waals surface area contributed by atoms with Gasteiger partial charge < -0.3 is 9.52 Å². The van der Waals surface area contributed by atoms with Gasteiger partial charge in [-0.2, -0.15) is 0 Å². The summed E-state index contributed by atoms with van der Waals surface area (Å²) in [7, 11) is -1.63. The molecule has 0 aliphatic heterocycles. The summed E-state index contributed by atoms with van der Waals surface area (Å²) in [6.07, 6.45) is 4.36. The van der Waals surface area contributed by atoms with E-state index in [4.69, 9.17) is 4.42 Å². The van der Waals surface area contributed by atoms with Crippen LogP contribution >= 0.6 is 11.3 Å². The van der Waals surface area contributed by atoms with E-state index >= 15 is 0 Å². The Balaban J connectivity index is 0.000000312. The average molecular weight is 906 g/mol. The molecule has 0 spiro atoms. The minimum absolute atomic E-state index is 0. The number of alkyl halides is 2. The van der Waals surface area contributed by atoms with Crippen LogP contribution in [-0.4, -0.2) is 35.4 Å². The molecule has 0 saturated heterocycles. The van der Waals surface area contributed by atoms with Crippen molar-refractivity contribution in [3.05, 3.63) is 78.3 Å². The second-order valence-electron chi connectivity index (χ2n) is 13.9. The van der Waals surface area contributed by atoms with Gasteiger partial charge in [0.25, 0.3) is 0 Å². The number of rotatable bonds is 12. The number of benzene rings is 3. The number of carbonyl (C=O) groups excluding carboxylic acids is 1. The van der Waals surface area contributed by atoms with E-state index < -0.39 is 14.5 Å². The van der Waals surface area contributed by atoms with E-state index in [-0.39, 0.29) is 49.9 Å². The summed E-state index contributed by atoms with van der Waals surface area (Å²) < 4.78 is 33.5. The van der Waals surface area contributed by atoms with Crippen molar-refractivity contribution in [1.82, 2.24) is 9.97 Å². The van der Waals surface area contributed by atoms with E-state index in [0.717, 1.165) is 73.8 Å². The van der Waals surface area contributed by atoms with Crippen molar-refractivity contribution >= 4 is 72.6 Å². The Labute approximate surface area is 317 Å². The molecule has 10 heteroatoms. The summed E-state index contributed by atoms with van der Waals surface area (Å²) in [5.41, 5.74) is 4.88. The predicted octanol–water partition coefficient (Wildman–Crippen LogP) is 11.8. The number of aromatic nitrogens is 2. The van der Waals surface area contributed by atoms with Gasteiger partial charge in [-0.25, -0.2) is 13.8 Å². The third-order valence-corrected chi connectivity index (χ3v) is 12.7. The molecule has 1 N–H and O–H groups in total. The van der Waals surface area contributed by atoms with Crippen molar-refractivity contribution in [2.45, 2.75) is 92.3 Å². The van der Waals surface area contributed by atoms with E-state index in [1.165, 1.54) is 16.6 Å². The fourth-order valence-corrected chi connectivity index (χ4v) is 9.31. The van der Waals surface area contributed by atoms with Crippen LogP contribution in [0, 0.1) is 17.9 Å². The van der Waals surface area contributed by atoms with E-state index in [1.54, 1.807) is 17.7 Å². The third kappa shape index (κ3) is 9.02. The maximum Gasteiger partial charge on any atom is 0.239 e. The summed E-state index contributed by atoms with van der Waals surface area (Å²) in [5.74, 6) is 0.547. The molecule has 0 saturated carbocycles. The molecule has 0 aliphatic carbocycles. The Morgan fingerprint density at radius 1 is 0.941 bits per heavy atom. The number of hydrogen-bond donors (Lipinski definition) is 1. The smallest absolute Gasteiger partial charge is 0.239 e. The molecule has 0 fully saturated rings. The van der Waals surface area contributed by atoms with Gasteiger partial charge in [-0.1, -0.05) is 82.6 Å². The van der Waals surface area contributed by atoms with Gasteiger partial charge in [0.05, 0.1) is 23.2 Å². The van der Waals surface area contributed by atoms with Crippen molar-refractivity contribution in [3.8, 4) is 11.3 Å². The molecule has 0 atom stereocenters. The molecule has 6 aromatic rings. The van der Waals surface area contributed by atoms with Crippen LogP contribution in [0.2, 0.25) is 19.6 Å². The molecule has 0 aliphatic rings. The summed E-state index contributed by atoms with van der Waals surface area (Å²) in [4.78, 5) is 21.0. The molecular formula is C41H47F2IrN2O3SSi-. The Morgan fingerprint density at radius 3 is 2.27 bits per heavy atom. The second kappa shape index (κ2) is 17.5. The Morgan fingerprint density at radius 2 is 1.63 bits per heavy atom. The fraction of sp³-hybridized carbons (Fsp3) is 0.390. The standard InChI is InChI=1S/C28H23F2N2OSSi.C13H24O2.Ir/c1-35(2,3)22-14-18(13-17-6-4-5-7-19(17)22)24-28-25(32-15-31-24)26-27(34-28)20-10-8-16(9-11-23(29)30)12-21(20)33-26;1-5-10(6-2)12(14)9-13(15)11(7-3)8-4;/h4-8,10,12,14-15,23H,9,11H2,1-3H3;9-11,14H,5-8H2,1-4H3;/q-1;;/b;12-9-;. The zero-order valence-electron chi connectivity index (χ0n) is 30.4. The van der Waals surface area contributed by atoms with Crippen LogP contribution in [0.15, 0.2) is 71.1 Å². The van der Waals surface area contributed by atoms with E-state index in [0.29, 0.717) is 12.0 Å². The first-order valence-electron chi connectivity index (χ1n) is 17.7. The molecule has 0 unspecified atom stereocenters. The number of hydrogen-bond acceptors (Lipinski definition) is 6. The molecule has 3 heterocycles. The number of nitrogens with zero attached hydrogens (tertiary/aromatic N) is 2. The number of halogens is 2. The molecule has 273 valence electrons. The summed E-state index contributed by atoms with van der Waals surface area (Å²) in [6, 6.07) is 20.0. The molecule has 6 rings (SSSR count). The van der Waals surface area contributed by atoms with Gasteiger partial charge in [-0.15, -0.1) is 40.1 Å². The van der Waals surface area contributed by atoms with E-state index in [9.17, 15) is 18.7 Å². The Hall–Kier alpha value is -3.30. The number of carbonyl (C=O) groups is 1. The van der Waals surface area contributed by atoms with E-state index in [1.807, 2.05) is 52.0 Å². The minimum atomic E-state index is -2.31. The van der Waals surface area contributed by atoms with Gasteiger partial charge in [0.1, 0.15) is 17.4 Å². The first kappa shape index (κ1) is 40.5. The normalized spacial score (nSPS) is 12.4. The number of ketones is 1. The number of aryl methyl sites for hydroxylation is 1. The number of aliphatic hydroxyl groups is 1. The summed E-state index contributed by atoms with van der Waals surface area (Å²) in [5, 5.41) is 14.5. The molecule has 3 aromatic carbocycles. The first-order chi connectivity index (χ1) is 23.9. The number of allylic oxidation sites excluding steroid dienone is 2. The van der Waals surface area contributed by atoms with Crippen LogP contribution in [0.25, 0.3) is 53.5 Å². The molecule has 0 bridgehead atoms. The van der Waals surface area contributed by atoms with Gasteiger partial charge in [-0.05, 0) is 49.8 Å². The molecular weight excluding hydrogens is 859 g/mol. The van der Waals surface area contributed by atoms with Crippen molar-refractivity contribution in [2.75, 3.05) is 0 Å². The number of thiophene rings is 1. The molecule has 51 heavy (non-hydrogen) atoms. The average Bonchev–Trinajstić information content (AvgIpc) is 3.63. The van der Waals surface area contributed by atoms with Crippen LogP contribution in [0.5, 0.6) is 0 Å². The van der Waals surface area contributed by atoms with Gasteiger partial charge in [0.15, 0.2) is 11.4 Å². The van der Waals surface area contributed by atoms with Crippen LogP contribution in [-0.2, 0) is 31.3 Å². The maximum atomic E-state index is 12.6. The van der Waals surface area contributed by atoms with Crippen molar-refractivity contribution in [2.24, 2.45) is 11.8 Å². The predicted molar refractivity (Wildman–Crippen MR) is 208 cm³/mol. The number of fused-ring (bicyclic) bond motifs is 6. The zero-order chi connectivity index (χ0) is 36.2. The van der Waals surface area contributed by atoms with Crippen LogP contribution in [0.3, 0.4) is 0 Å². The number of aliphatic hydroxyl groups excluding tert-OH is 1. The quantitative estimate of drug-likeness (QED) is 0.0573. The first-order valence-corrected chi connectivity index (χ1v) is 22.0. The van der Waals surface area contributed by atoms with Crippen molar-refractivity contribution in [1.29, 1.82) is 0 Å². The maximum absolute atomic E-state index is 12.6. The minimum Gasteiger partial charge on any atom is -0.512 e. The zero-order valence-corrected chi connectivity index (χ0v) is 34.6. The Kier molecular flexibility index (Phi) is 13.9. The van der Waals surface area contributed by atoms with Gasteiger partial charge in [0, 0.05) is 55.5 Å². The van der Waals surface area contributed by atoms with Crippen molar-refractivity contribution < 1.29 is 43.2 Å². The second-order valence-corrected chi connectivity index (χ2v) is 20.0. The third-order valence-electron chi connectivity index (χ3n) is 9.50. The van der Waals surface area contributed by atoms with Crippen LogP contribution in [0.4, 0.5) is 8.78 Å². The summed E-state index contributed by atoms with van der Waals surface area (Å²) >= 11 is 1.61. The van der Waals surface area contributed by atoms with Crippen molar-refractivity contribution in [3.63, 3.8) is 0 Å². The summed E-state index contributed by atoms with van der Waals surface area (Å²) in [6.45, 7) is 15.1. The SMILES string of the molecule is CCC(CC)C(=O)/C=C(\O)C(CC)CC.C[Si](C)(C)c1cc(-c2ncnc3c2sc2c4ccc(CCC(F)F)cc4oc32)[c-]c2ccccc12.[Ir]. The largest absolute Gasteiger partial charge is 0.512 e. The molecule has 3 aromatic heterocycles. The van der Waals surface area contributed by atoms with Crippen LogP contribution in [0.1, 0.15) is 65.4 Å². The van der Waals surface area contributed by atoms with Crippen LogP contribution < -0.4 is 5.19 Å². The van der Waals surface area contributed by atoms with Gasteiger partial charge in [-0.3, -0.25) is 9.78 Å². The fourth-order valence-electron chi connectivity index (χ4n) is 6.49. The van der Waals surface area contributed by atoms with Gasteiger partial charge in [0.2, 0.25) is 6.43 Å².